The molecule has 0 saturated carbocycles. The number of hydrogen-bond acceptors (Lipinski definition) is 13. The predicted molar refractivity (Wildman–Crippen MR) is 239 cm³/mol. The van der Waals surface area contributed by atoms with Crippen LogP contribution in [0.3, 0.4) is 0 Å². The fourth-order valence-electron chi connectivity index (χ4n) is 6.49. The van der Waals surface area contributed by atoms with E-state index in [9.17, 15) is 43.3 Å². The van der Waals surface area contributed by atoms with Crippen molar-refractivity contribution >= 4 is 55.1 Å². The second-order valence-electron chi connectivity index (χ2n) is 13.9. The maximum absolute atomic E-state index is 12.5. The highest BCUT2D eigenvalue weighted by Gasteiger charge is 2.15. The van der Waals surface area contributed by atoms with Crippen LogP contribution in [0.1, 0.15) is 0 Å². The molecular formula is C48H35NO13S. The summed E-state index contributed by atoms with van der Waals surface area (Å²) >= 11 is 0. The van der Waals surface area contributed by atoms with Crippen LogP contribution in [-0.2, 0) is 9.84 Å². The Bertz CT molecular complexity index is 3480. The van der Waals surface area contributed by atoms with E-state index in [0.717, 1.165) is 6.26 Å². The Labute approximate surface area is 357 Å². The fourth-order valence-corrected chi connectivity index (χ4v) is 7.12. The monoisotopic (exact) mass is 865 g/mol. The molecule has 0 aliphatic carbocycles. The number of phenolic OH excluding ortho intramolecular Hbond substituents is 3. The Kier molecular flexibility index (Phi) is 12.0. The van der Waals surface area contributed by atoms with Gasteiger partial charge in [-0.2, -0.15) is 4.74 Å². The van der Waals surface area contributed by atoms with Gasteiger partial charge in [0.15, 0.2) is 20.7 Å². The molecule has 0 radical (unpaired) electrons. The zero-order valence-electron chi connectivity index (χ0n) is 33.3. The van der Waals surface area contributed by atoms with Gasteiger partial charge < -0.3 is 38.5 Å². The summed E-state index contributed by atoms with van der Waals surface area (Å²) in [5.41, 5.74) is 3.81. The lowest BCUT2D eigenvalue weighted by Crippen LogP contribution is -2.05. The second kappa shape index (κ2) is 17.7. The van der Waals surface area contributed by atoms with Crippen molar-refractivity contribution in [3.63, 3.8) is 0 Å². The van der Waals surface area contributed by atoms with Gasteiger partial charge >= 0.3 is 0 Å². The Morgan fingerprint density at radius 3 is 1.37 bits per heavy atom. The van der Waals surface area contributed by atoms with Crippen molar-refractivity contribution in [1.82, 2.24) is 0 Å². The van der Waals surface area contributed by atoms with E-state index in [1.807, 2.05) is 12.1 Å². The number of ether oxygens (including phenoxy) is 1. The first-order valence-electron chi connectivity index (χ1n) is 18.7. The number of phenols is 3. The standard InChI is InChI=1S/C16H11NO4.C16H12O5S.C16H12O4/c1-17(20)11-4-2-10(3-5-11)14-9-21-15-8-12(18)6-7-13(15)16(14)19;1-22(19,20)12-5-2-10(3-6-12)14-9-21-15-8-11(17)4-7-13(15)16(14)18;1-19-14-5-3-2-4-11(14)13-9-20-15-8-10(17)6-7-12(15)16(13)18/h2-9,18H,1H2;2-9,17H,1H3;2-9,17H,1H3. The van der Waals surface area contributed by atoms with Gasteiger partial charge in [-0.05, 0) is 77.9 Å². The van der Waals surface area contributed by atoms with Gasteiger partial charge in [-0.15, -0.1) is 0 Å². The van der Waals surface area contributed by atoms with Crippen molar-refractivity contribution in [3.05, 3.63) is 182 Å². The van der Waals surface area contributed by atoms with Gasteiger partial charge in [0.25, 0.3) is 0 Å². The number of nitrogens with zero attached hydrogens (tertiary/aromatic N) is 1. The molecule has 0 aliphatic rings. The molecule has 63 heavy (non-hydrogen) atoms. The zero-order valence-corrected chi connectivity index (χ0v) is 34.2. The summed E-state index contributed by atoms with van der Waals surface area (Å²) in [6, 6.07) is 32.8. The zero-order chi connectivity index (χ0) is 45.0. The average Bonchev–Trinajstić information content (AvgIpc) is 3.27. The number of sulfone groups is 1. The van der Waals surface area contributed by atoms with E-state index in [2.05, 4.69) is 6.72 Å². The van der Waals surface area contributed by atoms with Crippen LogP contribution in [-0.4, -0.2) is 48.6 Å². The molecule has 3 aromatic heterocycles. The Morgan fingerprint density at radius 2 is 0.952 bits per heavy atom. The lowest BCUT2D eigenvalue weighted by Gasteiger charge is -2.08. The van der Waals surface area contributed by atoms with Gasteiger partial charge in [0.2, 0.25) is 11.1 Å². The van der Waals surface area contributed by atoms with E-state index in [-0.39, 0.29) is 38.4 Å². The molecule has 14 nitrogen and oxygen atoms in total. The SMILES string of the molecule is C=[N+]([O-])c1ccc(-c2coc3cc(O)ccc3c2=O)cc1.COc1ccccc1-c1coc2cc(O)ccc2c1=O.CS(=O)(=O)c1ccc(-c2coc3cc(O)ccc3c2=O)cc1. The quantitative estimate of drug-likeness (QED) is 0.0617. The molecule has 0 amide bonds. The highest BCUT2D eigenvalue weighted by atomic mass is 32.2. The van der Waals surface area contributed by atoms with Crippen LogP contribution in [0, 0.1) is 5.21 Å². The molecule has 0 fully saturated rings. The van der Waals surface area contributed by atoms with Crippen molar-refractivity contribution in [2.24, 2.45) is 0 Å². The number of hydrogen-bond donors (Lipinski definition) is 3. The van der Waals surface area contributed by atoms with Gasteiger partial charge in [-0.3, -0.25) is 14.4 Å². The average molecular weight is 866 g/mol. The van der Waals surface area contributed by atoms with Gasteiger partial charge in [0.1, 0.15) is 65.3 Å². The normalized spacial score (nSPS) is 11.0. The topological polar surface area (TPSA) is 221 Å². The number of aromatic hydroxyl groups is 3. The van der Waals surface area contributed by atoms with Gasteiger partial charge in [-0.25, -0.2) is 8.42 Å². The van der Waals surface area contributed by atoms with Crippen LogP contribution < -0.4 is 21.0 Å². The van der Waals surface area contributed by atoms with E-state index < -0.39 is 9.84 Å². The molecule has 0 atom stereocenters. The first-order chi connectivity index (χ1) is 30.1. The lowest BCUT2D eigenvalue weighted by atomic mass is 10.0. The van der Waals surface area contributed by atoms with Crippen LogP contribution in [0.2, 0.25) is 0 Å². The summed E-state index contributed by atoms with van der Waals surface area (Å²) in [5.74, 6) is 0.721. The Morgan fingerprint density at radius 1 is 0.556 bits per heavy atom. The third-order valence-corrected chi connectivity index (χ3v) is 10.9. The lowest BCUT2D eigenvalue weighted by molar-refractivity contribution is -0.349. The summed E-state index contributed by atoms with van der Waals surface area (Å²) in [6.07, 6.45) is 5.17. The van der Waals surface area contributed by atoms with E-state index in [0.29, 0.717) is 82.5 Å². The Hall–Kier alpha value is -8.43. The number of benzene rings is 6. The summed E-state index contributed by atoms with van der Waals surface area (Å²) in [6.45, 7) is 3.25. The minimum Gasteiger partial charge on any atom is -0.619 e. The maximum Gasteiger partial charge on any atom is 0.215 e. The molecule has 3 heterocycles. The minimum absolute atomic E-state index is 0.0147. The van der Waals surface area contributed by atoms with Crippen LogP contribution in [0.25, 0.3) is 66.3 Å². The molecular weight excluding hydrogens is 831 g/mol. The number of rotatable bonds is 6. The molecule has 0 saturated heterocycles. The third kappa shape index (κ3) is 9.18. The first kappa shape index (κ1) is 42.7. The highest BCUT2D eigenvalue weighted by Crippen LogP contribution is 2.30. The van der Waals surface area contributed by atoms with Crippen molar-refractivity contribution in [2.45, 2.75) is 4.90 Å². The molecule has 0 unspecified atom stereocenters. The van der Waals surface area contributed by atoms with Crippen LogP contribution >= 0.6 is 0 Å². The van der Waals surface area contributed by atoms with E-state index in [1.54, 1.807) is 61.7 Å². The fraction of sp³-hybridized carbons (Fsp3) is 0.0417. The van der Waals surface area contributed by atoms with Crippen LogP contribution in [0.4, 0.5) is 5.69 Å². The summed E-state index contributed by atoms with van der Waals surface area (Å²) < 4.78 is 44.9. The third-order valence-electron chi connectivity index (χ3n) is 9.73. The molecule has 6 aromatic carbocycles. The van der Waals surface area contributed by atoms with Gasteiger partial charge in [0.05, 0.1) is 44.9 Å². The largest absolute Gasteiger partial charge is 0.619 e. The molecule has 0 spiro atoms. The maximum atomic E-state index is 12.5. The van der Waals surface area contributed by atoms with E-state index in [4.69, 9.17) is 18.0 Å². The molecule has 15 heteroatoms. The van der Waals surface area contributed by atoms with E-state index in [1.165, 1.54) is 79.5 Å². The minimum atomic E-state index is -3.28. The van der Waals surface area contributed by atoms with Crippen molar-refractivity contribution in [3.8, 4) is 56.4 Å². The smallest absolute Gasteiger partial charge is 0.215 e. The van der Waals surface area contributed by atoms with Crippen LogP contribution in [0.15, 0.2) is 179 Å². The van der Waals surface area contributed by atoms with Crippen LogP contribution in [0.5, 0.6) is 23.0 Å². The molecule has 9 rings (SSSR count). The second-order valence-corrected chi connectivity index (χ2v) is 15.9. The predicted octanol–water partition coefficient (Wildman–Crippen LogP) is 8.75. The number of para-hydroxylation sites is 1. The van der Waals surface area contributed by atoms with Gasteiger partial charge in [0, 0.05) is 42.2 Å². The first-order valence-corrected chi connectivity index (χ1v) is 20.6. The molecule has 3 N–H and O–H groups in total. The summed E-state index contributed by atoms with van der Waals surface area (Å²) in [5, 5.41) is 40.4. The van der Waals surface area contributed by atoms with E-state index >= 15 is 0 Å². The molecule has 9 aromatic rings. The number of fused-ring (bicyclic) bond motifs is 3. The summed E-state index contributed by atoms with van der Waals surface area (Å²) in [4.78, 5) is 37.6. The number of methoxy groups -OCH3 is 1. The van der Waals surface area contributed by atoms with Crippen molar-refractivity contribution < 1.29 is 46.5 Å². The van der Waals surface area contributed by atoms with Gasteiger partial charge in [-0.1, -0.05) is 30.3 Å². The molecule has 0 bridgehead atoms. The molecule has 316 valence electrons. The Balaban J connectivity index is 0.000000142. The van der Waals surface area contributed by atoms with Crippen molar-refractivity contribution in [1.29, 1.82) is 0 Å². The highest BCUT2D eigenvalue weighted by molar-refractivity contribution is 7.90. The molecule has 0 aliphatic heterocycles. The summed E-state index contributed by atoms with van der Waals surface area (Å²) in [7, 11) is -1.73. The van der Waals surface area contributed by atoms with Crippen molar-refractivity contribution in [2.75, 3.05) is 13.4 Å².